The number of hydrogen-bond acceptors (Lipinski definition) is 2. The molecule has 1 aliphatic heterocycles. The number of rotatable bonds is 2. The van der Waals surface area contributed by atoms with Gasteiger partial charge in [-0.2, -0.15) is 0 Å². The van der Waals surface area contributed by atoms with E-state index in [1.54, 1.807) is 11.0 Å². The van der Waals surface area contributed by atoms with E-state index in [9.17, 15) is 18.1 Å². The van der Waals surface area contributed by atoms with Crippen LogP contribution in [0.2, 0.25) is 0 Å². The van der Waals surface area contributed by atoms with Gasteiger partial charge in [-0.15, -0.1) is 5.46 Å². The molecule has 7 heteroatoms. The number of aliphatic hydroxyl groups excluding tert-OH is 1. The Morgan fingerprint density at radius 3 is 2.53 bits per heavy atom. The first-order valence-corrected chi connectivity index (χ1v) is 5.20. The van der Waals surface area contributed by atoms with Crippen LogP contribution in [-0.2, 0) is 0 Å². The molecule has 0 radical (unpaired) electrons. The number of β-amino-alcohol motifs (C(OH)–C–C–N with tert-alkyl or cyclic N) is 1. The molecule has 1 N–H and O–H groups in total. The van der Waals surface area contributed by atoms with Gasteiger partial charge in [-0.05, 0) is 12.5 Å². The Labute approximate surface area is 141 Å². The molecule has 0 bridgehead atoms. The summed E-state index contributed by atoms with van der Waals surface area (Å²) in [7, 11) is 0. The van der Waals surface area contributed by atoms with Crippen LogP contribution in [0.25, 0.3) is 0 Å². The van der Waals surface area contributed by atoms with Crippen molar-refractivity contribution in [3.8, 4) is 0 Å². The van der Waals surface area contributed by atoms with Crippen LogP contribution in [0.1, 0.15) is 6.42 Å². The quantitative estimate of drug-likeness (QED) is 0.648. The number of halogens is 3. The van der Waals surface area contributed by atoms with Crippen LogP contribution in [-0.4, -0.2) is 31.3 Å². The zero-order chi connectivity index (χ0) is 11.8. The smallest absolute Gasteiger partial charge is 0.445 e. The molecule has 0 aromatic heterocycles. The average Bonchev–Trinajstić information content (AvgIpc) is 2.64. The van der Waals surface area contributed by atoms with E-state index in [4.69, 9.17) is 0 Å². The first-order chi connectivity index (χ1) is 7.47. The maximum atomic E-state index is 12.5. The third kappa shape index (κ3) is 3.97. The van der Waals surface area contributed by atoms with Gasteiger partial charge < -0.3 is 23.0 Å². The minimum atomic E-state index is -4.95. The molecule has 0 saturated carbocycles. The molecule has 88 valence electrons. The maximum Gasteiger partial charge on any atom is 1.00 e. The summed E-state index contributed by atoms with van der Waals surface area (Å²) in [6, 6.07) is 5.28. The predicted molar refractivity (Wildman–Crippen MR) is 58.0 cm³/mol. The largest absolute Gasteiger partial charge is 1.00 e. The number of benzene rings is 1. The van der Waals surface area contributed by atoms with Crippen molar-refractivity contribution in [2.45, 2.75) is 12.5 Å². The second kappa shape index (κ2) is 6.08. The molecule has 0 amide bonds. The Kier molecular flexibility index (Phi) is 5.55. The summed E-state index contributed by atoms with van der Waals surface area (Å²) in [5.41, 5.74) is -0.0489. The molecule has 2 rings (SSSR count). The van der Waals surface area contributed by atoms with Crippen molar-refractivity contribution in [3.63, 3.8) is 0 Å². The van der Waals surface area contributed by atoms with Crippen molar-refractivity contribution in [2.24, 2.45) is 0 Å². The van der Waals surface area contributed by atoms with Crippen LogP contribution in [0.15, 0.2) is 24.3 Å². The van der Waals surface area contributed by atoms with Crippen molar-refractivity contribution in [3.05, 3.63) is 24.3 Å². The summed E-state index contributed by atoms with van der Waals surface area (Å²) >= 11 is 0. The fraction of sp³-hybridized carbons (Fsp3) is 0.400. The van der Waals surface area contributed by atoms with E-state index >= 15 is 0 Å². The van der Waals surface area contributed by atoms with Crippen LogP contribution in [0.4, 0.5) is 18.6 Å². The number of aliphatic hydroxyl groups is 1. The van der Waals surface area contributed by atoms with Gasteiger partial charge in [-0.1, -0.05) is 18.2 Å². The van der Waals surface area contributed by atoms with Crippen LogP contribution in [0.5, 0.6) is 0 Å². The van der Waals surface area contributed by atoms with Gasteiger partial charge in [0.25, 0.3) is 0 Å². The zero-order valence-corrected chi connectivity index (χ0v) is 12.7. The standard InChI is InChI=1S/C10H12BF3NO.K/c12-11(13,14)8-2-1-3-9(6-8)15-5-4-10(16)7-15;/h1-3,6,10,16H,4-5,7H2;/q-1;+1. The van der Waals surface area contributed by atoms with Crippen LogP contribution in [0, 0.1) is 0 Å². The molecule has 1 saturated heterocycles. The second-order valence-corrected chi connectivity index (χ2v) is 4.06. The third-order valence-electron chi connectivity index (χ3n) is 2.78. The van der Waals surface area contributed by atoms with Gasteiger partial charge in [0, 0.05) is 18.8 Å². The van der Waals surface area contributed by atoms with E-state index < -0.39 is 18.5 Å². The Hall–Kier alpha value is 0.471. The number of anilines is 1. The van der Waals surface area contributed by atoms with Gasteiger partial charge in [0.15, 0.2) is 0 Å². The fourth-order valence-corrected chi connectivity index (χ4v) is 1.90. The number of nitrogens with zero attached hydrogens (tertiary/aromatic N) is 1. The SMILES string of the molecule is OC1CCN(c2cccc([B-](F)(F)F)c2)C1.[K+]. The van der Waals surface area contributed by atoms with E-state index in [2.05, 4.69) is 0 Å². The van der Waals surface area contributed by atoms with E-state index in [1.165, 1.54) is 6.07 Å². The fourth-order valence-electron chi connectivity index (χ4n) is 1.90. The van der Waals surface area contributed by atoms with Crippen molar-refractivity contribution in [1.82, 2.24) is 0 Å². The van der Waals surface area contributed by atoms with Crippen molar-refractivity contribution < 1.29 is 69.4 Å². The maximum absolute atomic E-state index is 12.5. The van der Waals surface area contributed by atoms with E-state index in [0.717, 1.165) is 12.1 Å². The van der Waals surface area contributed by atoms with Gasteiger partial charge >= 0.3 is 58.4 Å². The summed E-state index contributed by atoms with van der Waals surface area (Å²) in [6.07, 6.45) is 0.182. The molecule has 1 heterocycles. The van der Waals surface area contributed by atoms with E-state index in [-0.39, 0.29) is 51.4 Å². The summed E-state index contributed by atoms with van der Waals surface area (Å²) in [4.78, 5) is 1.77. The first kappa shape index (κ1) is 15.5. The molecule has 1 aliphatic rings. The molecule has 2 nitrogen and oxygen atoms in total. The summed E-state index contributed by atoms with van der Waals surface area (Å²) in [6.45, 7) is -3.93. The summed E-state index contributed by atoms with van der Waals surface area (Å²) in [5, 5.41) is 9.33. The van der Waals surface area contributed by atoms with Gasteiger partial charge in [-0.3, -0.25) is 0 Å². The average molecular weight is 269 g/mol. The molecule has 1 aromatic rings. The van der Waals surface area contributed by atoms with E-state index in [0.29, 0.717) is 25.2 Å². The summed E-state index contributed by atoms with van der Waals surface area (Å²) in [5.74, 6) is 0. The molecule has 1 atom stereocenters. The Morgan fingerprint density at radius 1 is 1.29 bits per heavy atom. The molecule has 0 aliphatic carbocycles. The van der Waals surface area contributed by atoms with Crippen LogP contribution < -0.4 is 61.7 Å². The summed E-state index contributed by atoms with van der Waals surface area (Å²) < 4.78 is 37.6. The van der Waals surface area contributed by atoms with Gasteiger partial charge in [-0.25, -0.2) is 0 Å². The van der Waals surface area contributed by atoms with E-state index in [1.807, 2.05) is 0 Å². The van der Waals surface area contributed by atoms with Crippen molar-refractivity contribution >= 4 is 18.1 Å². The topological polar surface area (TPSA) is 23.5 Å². The normalized spacial score (nSPS) is 20.2. The first-order valence-electron chi connectivity index (χ1n) is 5.20. The van der Waals surface area contributed by atoms with Gasteiger partial charge in [0.05, 0.1) is 6.10 Å². The molecular formula is C10H12BF3KNO. The van der Waals surface area contributed by atoms with Gasteiger partial charge in [0.2, 0.25) is 0 Å². The molecule has 1 aromatic carbocycles. The number of hydrogen-bond donors (Lipinski definition) is 1. The molecule has 1 unspecified atom stereocenters. The molecular weight excluding hydrogens is 257 g/mol. The Morgan fingerprint density at radius 2 is 2.00 bits per heavy atom. The Balaban J connectivity index is 0.00000144. The third-order valence-corrected chi connectivity index (χ3v) is 2.78. The van der Waals surface area contributed by atoms with Crippen LogP contribution in [0.3, 0.4) is 0 Å². The van der Waals surface area contributed by atoms with Crippen LogP contribution >= 0.6 is 0 Å². The molecule has 1 fully saturated rings. The van der Waals surface area contributed by atoms with Crippen molar-refractivity contribution in [2.75, 3.05) is 18.0 Å². The monoisotopic (exact) mass is 269 g/mol. The molecule has 0 spiro atoms. The zero-order valence-electron chi connectivity index (χ0n) is 9.61. The van der Waals surface area contributed by atoms with Gasteiger partial charge in [0.1, 0.15) is 0 Å². The Bertz CT molecular complexity index is 388. The minimum Gasteiger partial charge on any atom is -0.445 e. The minimum absolute atomic E-state index is 0. The molecule has 17 heavy (non-hydrogen) atoms. The predicted octanol–water partition coefficient (Wildman–Crippen LogP) is -1.68. The second-order valence-electron chi connectivity index (χ2n) is 4.06. The van der Waals surface area contributed by atoms with Crippen molar-refractivity contribution in [1.29, 1.82) is 0 Å².